The Hall–Kier alpha value is -0.800. The van der Waals surface area contributed by atoms with Gasteiger partial charge in [0.15, 0.2) is 0 Å². The number of halogens is 1. The van der Waals surface area contributed by atoms with Gasteiger partial charge in [0.1, 0.15) is 11.9 Å². The van der Waals surface area contributed by atoms with Gasteiger partial charge in [-0.3, -0.25) is 4.90 Å². The molecule has 96 valence electrons. The minimum absolute atomic E-state index is 0.242. The van der Waals surface area contributed by atoms with Crippen LogP contribution in [-0.4, -0.2) is 30.1 Å². The number of benzene rings is 1. The quantitative estimate of drug-likeness (QED) is 0.793. The standard InChI is InChI=1S/C15H18BrNO/c1-2-11-13-7-5-9-17(13)10-15(11)18-14-8-4-3-6-12(14)16/h2-4,6,8,11,13,15H,1,5,7,9-10H2/t11-,13+,15+/m1/s1. The molecule has 0 amide bonds. The van der Waals surface area contributed by atoms with E-state index in [1.807, 2.05) is 24.3 Å². The first-order valence-electron chi connectivity index (χ1n) is 6.57. The maximum absolute atomic E-state index is 6.19. The van der Waals surface area contributed by atoms with Crippen molar-refractivity contribution < 1.29 is 4.74 Å². The summed E-state index contributed by atoms with van der Waals surface area (Å²) in [5, 5.41) is 0. The zero-order valence-electron chi connectivity index (χ0n) is 10.4. The molecule has 1 aromatic carbocycles. The minimum Gasteiger partial charge on any atom is -0.487 e. The second kappa shape index (κ2) is 5.06. The van der Waals surface area contributed by atoms with E-state index in [9.17, 15) is 0 Å². The highest BCUT2D eigenvalue weighted by Gasteiger charge is 2.43. The number of fused-ring (bicyclic) bond motifs is 1. The molecule has 0 N–H and O–H groups in total. The zero-order chi connectivity index (χ0) is 12.5. The zero-order valence-corrected chi connectivity index (χ0v) is 12.0. The van der Waals surface area contributed by atoms with Gasteiger partial charge < -0.3 is 4.74 Å². The van der Waals surface area contributed by atoms with Crippen molar-refractivity contribution in [3.8, 4) is 5.75 Å². The first kappa shape index (κ1) is 12.2. The summed E-state index contributed by atoms with van der Waals surface area (Å²) in [5.41, 5.74) is 0. The van der Waals surface area contributed by atoms with Gasteiger partial charge in [-0.15, -0.1) is 6.58 Å². The van der Waals surface area contributed by atoms with Crippen LogP contribution in [0.1, 0.15) is 12.8 Å². The van der Waals surface area contributed by atoms with Crippen molar-refractivity contribution in [1.29, 1.82) is 0 Å². The SMILES string of the molecule is C=C[C@H]1[C@@H](Oc2ccccc2Br)CN2CCC[C@@H]12. The van der Waals surface area contributed by atoms with E-state index in [2.05, 4.69) is 33.5 Å². The summed E-state index contributed by atoms with van der Waals surface area (Å²) in [7, 11) is 0. The predicted molar refractivity (Wildman–Crippen MR) is 76.8 cm³/mol. The van der Waals surface area contributed by atoms with Crippen molar-refractivity contribution >= 4 is 15.9 Å². The highest BCUT2D eigenvalue weighted by molar-refractivity contribution is 9.10. The van der Waals surface area contributed by atoms with Crippen LogP contribution < -0.4 is 4.74 Å². The van der Waals surface area contributed by atoms with E-state index in [1.165, 1.54) is 19.4 Å². The van der Waals surface area contributed by atoms with Gasteiger partial charge >= 0.3 is 0 Å². The lowest BCUT2D eigenvalue weighted by Crippen LogP contribution is -2.27. The molecule has 18 heavy (non-hydrogen) atoms. The molecule has 2 nitrogen and oxygen atoms in total. The number of rotatable bonds is 3. The van der Waals surface area contributed by atoms with Crippen molar-refractivity contribution in [2.45, 2.75) is 25.0 Å². The van der Waals surface area contributed by atoms with Gasteiger partial charge in [-0.1, -0.05) is 18.2 Å². The molecule has 2 fully saturated rings. The van der Waals surface area contributed by atoms with Crippen molar-refractivity contribution in [2.75, 3.05) is 13.1 Å². The van der Waals surface area contributed by atoms with Gasteiger partial charge in [-0.25, -0.2) is 0 Å². The van der Waals surface area contributed by atoms with Gasteiger partial charge in [0.2, 0.25) is 0 Å². The van der Waals surface area contributed by atoms with Gasteiger partial charge in [0.05, 0.1) is 4.47 Å². The summed E-state index contributed by atoms with van der Waals surface area (Å²) in [6, 6.07) is 8.71. The van der Waals surface area contributed by atoms with E-state index in [1.54, 1.807) is 0 Å². The fraction of sp³-hybridized carbons (Fsp3) is 0.467. The number of hydrogen-bond acceptors (Lipinski definition) is 2. The summed E-state index contributed by atoms with van der Waals surface area (Å²) >= 11 is 3.54. The molecule has 0 spiro atoms. The first-order chi connectivity index (χ1) is 8.79. The van der Waals surface area contributed by atoms with Gasteiger partial charge in [-0.2, -0.15) is 0 Å². The van der Waals surface area contributed by atoms with Crippen LogP contribution in [0.5, 0.6) is 5.75 Å². The minimum atomic E-state index is 0.242. The molecule has 0 aromatic heterocycles. The van der Waals surface area contributed by atoms with Crippen molar-refractivity contribution in [1.82, 2.24) is 4.90 Å². The maximum Gasteiger partial charge on any atom is 0.133 e. The number of para-hydroxylation sites is 1. The van der Waals surface area contributed by atoms with Crippen LogP contribution in [0.25, 0.3) is 0 Å². The van der Waals surface area contributed by atoms with Crippen molar-refractivity contribution in [3.05, 3.63) is 41.4 Å². The second-order valence-electron chi connectivity index (χ2n) is 5.10. The Bertz CT molecular complexity index is 448. The van der Waals surface area contributed by atoms with E-state index in [0.29, 0.717) is 12.0 Å². The van der Waals surface area contributed by atoms with Gasteiger partial charge in [0.25, 0.3) is 0 Å². The molecule has 3 rings (SSSR count). The van der Waals surface area contributed by atoms with Crippen LogP contribution in [0, 0.1) is 5.92 Å². The Morgan fingerprint density at radius 2 is 2.22 bits per heavy atom. The molecule has 3 atom stereocenters. The average molecular weight is 308 g/mol. The summed E-state index contributed by atoms with van der Waals surface area (Å²) < 4.78 is 7.21. The molecule has 1 aromatic rings. The lowest BCUT2D eigenvalue weighted by atomic mass is 9.96. The normalized spacial score (nSPS) is 31.3. The smallest absolute Gasteiger partial charge is 0.133 e. The van der Waals surface area contributed by atoms with Crippen molar-refractivity contribution in [3.63, 3.8) is 0 Å². The molecule has 0 unspecified atom stereocenters. The van der Waals surface area contributed by atoms with Crippen molar-refractivity contribution in [2.24, 2.45) is 5.92 Å². The Morgan fingerprint density at radius 3 is 3.00 bits per heavy atom. The van der Waals surface area contributed by atoms with Crippen LogP contribution in [0.3, 0.4) is 0 Å². The topological polar surface area (TPSA) is 12.5 Å². The van der Waals surface area contributed by atoms with E-state index < -0.39 is 0 Å². The summed E-state index contributed by atoms with van der Waals surface area (Å²) in [6.07, 6.45) is 4.92. The third-order valence-corrected chi connectivity index (χ3v) is 4.74. The van der Waals surface area contributed by atoms with Crippen LogP contribution in [0.2, 0.25) is 0 Å². The Balaban J connectivity index is 1.77. The lowest BCUT2D eigenvalue weighted by molar-refractivity contribution is 0.179. The highest BCUT2D eigenvalue weighted by atomic mass is 79.9. The Kier molecular flexibility index (Phi) is 3.44. The second-order valence-corrected chi connectivity index (χ2v) is 5.96. The maximum atomic E-state index is 6.19. The predicted octanol–water partition coefficient (Wildman–Crippen LogP) is 3.48. The molecule has 2 heterocycles. The van der Waals surface area contributed by atoms with E-state index in [-0.39, 0.29) is 6.10 Å². The van der Waals surface area contributed by atoms with E-state index in [0.717, 1.165) is 16.8 Å². The van der Waals surface area contributed by atoms with E-state index >= 15 is 0 Å². The van der Waals surface area contributed by atoms with Crippen LogP contribution in [0.15, 0.2) is 41.4 Å². The van der Waals surface area contributed by atoms with Gasteiger partial charge in [-0.05, 0) is 47.4 Å². The number of hydrogen-bond donors (Lipinski definition) is 0. The monoisotopic (exact) mass is 307 g/mol. The molecule has 3 heteroatoms. The highest BCUT2D eigenvalue weighted by Crippen LogP contribution is 2.36. The fourth-order valence-corrected chi connectivity index (χ4v) is 3.62. The Morgan fingerprint density at radius 1 is 1.39 bits per heavy atom. The lowest BCUT2D eigenvalue weighted by Gasteiger charge is -2.21. The van der Waals surface area contributed by atoms with Crippen LogP contribution in [0.4, 0.5) is 0 Å². The third-order valence-electron chi connectivity index (χ3n) is 4.09. The molecule has 0 aliphatic carbocycles. The number of nitrogens with zero attached hydrogens (tertiary/aromatic N) is 1. The molecule has 2 saturated heterocycles. The first-order valence-corrected chi connectivity index (χ1v) is 7.36. The van der Waals surface area contributed by atoms with E-state index in [4.69, 9.17) is 4.74 Å². The Labute approximate surface area is 117 Å². The molecule has 2 aliphatic heterocycles. The molecule has 0 saturated carbocycles. The summed E-state index contributed by atoms with van der Waals surface area (Å²) in [4.78, 5) is 2.55. The molecule has 2 aliphatic rings. The molecule has 0 bridgehead atoms. The summed E-state index contributed by atoms with van der Waals surface area (Å²) in [5.74, 6) is 1.40. The summed E-state index contributed by atoms with van der Waals surface area (Å²) in [6.45, 7) is 6.24. The average Bonchev–Trinajstić information content (AvgIpc) is 2.92. The molecular weight excluding hydrogens is 290 g/mol. The van der Waals surface area contributed by atoms with Crippen LogP contribution >= 0.6 is 15.9 Å². The van der Waals surface area contributed by atoms with Gasteiger partial charge in [0, 0.05) is 18.5 Å². The van der Waals surface area contributed by atoms with Crippen LogP contribution in [-0.2, 0) is 0 Å². The largest absolute Gasteiger partial charge is 0.487 e. The number of ether oxygens (including phenoxy) is 1. The fourth-order valence-electron chi connectivity index (χ4n) is 3.24. The molecule has 0 radical (unpaired) electrons. The molecular formula is C15H18BrNO. The third kappa shape index (κ3) is 2.10.